The third kappa shape index (κ3) is 4.68. The van der Waals surface area contributed by atoms with E-state index >= 15 is 0 Å². The maximum atomic E-state index is 4.55. The summed E-state index contributed by atoms with van der Waals surface area (Å²) >= 11 is 3.49. The van der Waals surface area contributed by atoms with Crippen molar-refractivity contribution in [1.82, 2.24) is 15.1 Å². The van der Waals surface area contributed by atoms with Crippen LogP contribution in [0.25, 0.3) is 0 Å². The van der Waals surface area contributed by atoms with Crippen molar-refractivity contribution in [2.75, 3.05) is 13.6 Å². The van der Waals surface area contributed by atoms with Crippen LogP contribution in [0.3, 0.4) is 0 Å². The van der Waals surface area contributed by atoms with Crippen molar-refractivity contribution in [3.63, 3.8) is 0 Å². The molecule has 1 aromatic heterocycles. The van der Waals surface area contributed by atoms with Crippen LogP contribution in [0.5, 0.6) is 0 Å². The van der Waals surface area contributed by atoms with Crippen LogP contribution in [0.1, 0.15) is 23.9 Å². The monoisotopic (exact) mass is 349 g/mol. The summed E-state index contributed by atoms with van der Waals surface area (Å²) in [7, 11) is 4.07. The molecule has 1 heterocycles. The molecule has 2 aromatic rings. The Bertz CT molecular complexity index is 560. The molecule has 0 spiro atoms. The Kier molecular flexibility index (Phi) is 6.00. The Hall–Kier alpha value is -1.13. The van der Waals surface area contributed by atoms with Gasteiger partial charge in [-0.05, 0) is 62.5 Å². The summed E-state index contributed by atoms with van der Waals surface area (Å²) in [4.78, 5) is 0. The second-order valence-corrected chi connectivity index (χ2v) is 6.48. The van der Waals surface area contributed by atoms with Gasteiger partial charge in [0, 0.05) is 17.2 Å². The smallest absolute Gasteiger partial charge is 0.0624 e. The van der Waals surface area contributed by atoms with E-state index in [9.17, 15) is 0 Å². The van der Waals surface area contributed by atoms with Gasteiger partial charge in [0.15, 0.2) is 0 Å². The van der Waals surface area contributed by atoms with Gasteiger partial charge in [0.1, 0.15) is 0 Å². The minimum Gasteiger partial charge on any atom is -0.319 e. The van der Waals surface area contributed by atoms with Gasteiger partial charge in [-0.1, -0.05) is 35.0 Å². The first-order chi connectivity index (χ1) is 10.1. The van der Waals surface area contributed by atoms with Crippen molar-refractivity contribution in [2.45, 2.75) is 26.2 Å². The Labute approximate surface area is 135 Å². The molecule has 4 heteroatoms. The van der Waals surface area contributed by atoms with Crippen LogP contribution in [-0.4, -0.2) is 23.4 Å². The van der Waals surface area contributed by atoms with Crippen molar-refractivity contribution in [3.8, 4) is 0 Å². The highest BCUT2D eigenvalue weighted by Crippen LogP contribution is 2.17. The molecule has 0 aliphatic rings. The molecule has 1 atom stereocenters. The molecule has 0 radical (unpaired) electrons. The molecule has 0 fully saturated rings. The molecule has 0 aliphatic heterocycles. The second kappa shape index (κ2) is 7.76. The molecule has 0 aliphatic carbocycles. The van der Waals surface area contributed by atoms with Gasteiger partial charge in [-0.2, -0.15) is 5.10 Å². The fourth-order valence-corrected chi connectivity index (χ4v) is 2.95. The number of benzene rings is 1. The molecule has 0 bridgehead atoms. The predicted molar refractivity (Wildman–Crippen MR) is 91.6 cm³/mol. The first kappa shape index (κ1) is 16.2. The number of aromatic nitrogens is 2. The largest absolute Gasteiger partial charge is 0.319 e. The number of hydrogen-bond donors (Lipinski definition) is 1. The van der Waals surface area contributed by atoms with Crippen LogP contribution < -0.4 is 5.32 Å². The Balaban J connectivity index is 2.07. The standard InChI is InChI=1S/C17H24BrN3/c1-4-16-11-17(21(3)20-16)10-14(12-19-2)9-13-5-7-15(18)8-6-13/h5-8,11,14,19H,4,9-10,12H2,1-3H3. The van der Waals surface area contributed by atoms with Crippen molar-refractivity contribution >= 4 is 15.9 Å². The second-order valence-electron chi connectivity index (χ2n) is 5.56. The molecule has 114 valence electrons. The molecule has 0 amide bonds. The van der Waals surface area contributed by atoms with E-state index in [1.807, 2.05) is 18.8 Å². The highest BCUT2D eigenvalue weighted by Gasteiger charge is 2.13. The maximum absolute atomic E-state index is 4.55. The topological polar surface area (TPSA) is 29.9 Å². The first-order valence-electron chi connectivity index (χ1n) is 7.53. The van der Waals surface area contributed by atoms with Crippen molar-refractivity contribution in [3.05, 3.63) is 51.8 Å². The lowest BCUT2D eigenvalue weighted by Gasteiger charge is -2.17. The van der Waals surface area contributed by atoms with E-state index in [1.165, 1.54) is 17.0 Å². The number of nitrogens with one attached hydrogen (secondary N) is 1. The summed E-state index contributed by atoms with van der Waals surface area (Å²) in [5.74, 6) is 0.580. The van der Waals surface area contributed by atoms with Crippen LogP contribution in [0, 0.1) is 5.92 Å². The maximum Gasteiger partial charge on any atom is 0.0624 e. The van der Waals surface area contributed by atoms with Gasteiger partial charge in [-0.25, -0.2) is 0 Å². The summed E-state index contributed by atoms with van der Waals surface area (Å²) in [6.07, 6.45) is 3.14. The van der Waals surface area contributed by atoms with Gasteiger partial charge < -0.3 is 5.32 Å². The molecular formula is C17H24BrN3. The average Bonchev–Trinajstić information content (AvgIpc) is 2.82. The van der Waals surface area contributed by atoms with E-state index in [1.54, 1.807) is 0 Å². The zero-order valence-corrected chi connectivity index (χ0v) is 14.7. The quantitative estimate of drug-likeness (QED) is 0.830. The van der Waals surface area contributed by atoms with Gasteiger partial charge in [0.05, 0.1) is 5.69 Å². The highest BCUT2D eigenvalue weighted by atomic mass is 79.9. The lowest BCUT2D eigenvalue weighted by atomic mass is 9.94. The SMILES string of the molecule is CCc1cc(CC(CNC)Cc2ccc(Br)cc2)n(C)n1. The van der Waals surface area contributed by atoms with E-state index < -0.39 is 0 Å². The highest BCUT2D eigenvalue weighted by molar-refractivity contribution is 9.10. The number of hydrogen-bond acceptors (Lipinski definition) is 2. The molecule has 1 aromatic carbocycles. The van der Waals surface area contributed by atoms with E-state index in [4.69, 9.17) is 0 Å². The van der Waals surface area contributed by atoms with E-state index in [2.05, 4.69) is 63.6 Å². The van der Waals surface area contributed by atoms with Crippen molar-refractivity contribution in [1.29, 1.82) is 0 Å². The normalized spacial score (nSPS) is 12.6. The lowest BCUT2D eigenvalue weighted by Crippen LogP contribution is -2.23. The molecular weight excluding hydrogens is 326 g/mol. The zero-order valence-electron chi connectivity index (χ0n) is 13.1. The fourth-order valence-electron chi connectivity index (χ4n) is 2.69. The summed E-state index contributed by atoms with van der Waals surface area (Å²) in [6.45, 7) is 3.17. The van der Waals surface area contributed by atoms with Gasteiger partial charge in [-0.3, -0.25) is 4.68 Å². The average molecular weight is 350 g/mol. The Morgan fingerprint density at radius 1 is 1.24 bits per heavy atom. The lowest BCUT2D eigenvalue weighted by molar-refractivity contribution is 0.477. The molecule has 3 nitrogen and oxygen atoms in total. The third-order valence-corrected chi connectivity index (χ3v) is 4.35. The minimum absolute atomic E-state index is 0.580. The minimum atomic E-state index is 0.580. The Morgan fingerprint density at radius 2 is 1.95 bits per heavy atom. The Morgan fingerprint density at radius 3 is 2.52 bits per heavy atom. The van der Waals surface area contributed by atoms with Gasteiger partial charge in [0.2, 0.25) is 0 Å². The first-order valence-corrected chi connectivity index (χ1v) is 8.32. The predicted octanol–water partition coefficient (Wildman–Crippen LogP) is 3.37. The number of nitrogens with zero attached hydrogens (tertiary/aromatic N) is 2. The van der Waals surface area contributed by atoms with Crippen molar-refractivity contribution in [2.24, 2.45) is 13.0 Å². The van der Waals surface area contributed by atoms with E-state index in [0.29, 0.717) is 5.92 Å². The van der Waals surface area contributed by atoms with Crippen LogP contribution >= 0.6 is 15.9 Å². The third-order valence-electron chi connectivity index (χ3n) is 3.82. The van der Waals surface area contributed by atoms with E-state index in [-0.39, 0.29) is 0 Å². The van der Waals surface area contributed by atoms with Crippen LogP contribution in [0.15, 0.2) is 34.8 Å². The fraction of sp³-hybridized carbons (Fsp3) is 0.471. The summed E-state index contributed by atoms with van der Waals surface area (Å²) in [5, 5.41) is 7.87. The van der Waals surface area contributed by atoms with Crippen LogP contribution in [0.4, 0.5) is 0 Å². The van der Waals surface area contributed by atoms with E-state index in [0.717, 1.165) is 30.3 Å². The van der Waals surface area contributed by atoms with Crippen LogP contribution in [0.2, 0.25) is 0 Å². The molecule has 1 N–H and O–H groups in total. The van der Waals surface area contributed by atoms with Gasteiger partial charge in [-0.15, -0.1) is 0 Å². The zero-order chi connectivity index (χ0) is 15.2. The van der Waals surface area contributed by atoms with Crippen molar-refractivity contribution < 1.29 is 0 Å². The summed E-state index contributed by atoms with van der Waals surface area (Å²) < 4.78 is 3.17. The molecule has 0 saturated heterocycles. The number of aryl methyl sites for hydroxylation is 2. The summed E-state index contributed by atoms with van der Waals surface area (Å²) in [5.41, 5.74) is 3.89. The molecule has 0 saturated carbocycles. The molecule has 1 unspecified atom stereocenters. The van der Waals surface area contributed by atoms with Gasteiger partial charge in [0.25, 0.3) is 0 Å². The summed E-state index contributed by atoms with van der Waals surface area (Å²) in [6, 6.07) is 10.9. The van der Waals surface area contributed by atoms with Crippen LogP contribution in [-0.2, 0) is 26.3 Å². The number of rotatable bonds is 7. The van der Waals surface area contributed by atoms with Gasteiger partial charge >= 0.3 is 0 Å². The molecule has 21 heavy (non-hydrogen) atoms. The number of halogens is 1. The molecule has 2 rings (SSSR count).